The van der Waals surface area contributed by atoms with Crippen molar-refractivity contribution in [2.24, 2.45) is 0 Å². The number of aliphatic hydroxyl groups is 2. The van der Waals surface area contributed by atoms with Gasteiger partial charge in [-0.3, -0.25) is 4.79 Å². The third kappa shape index (κ3) is 8.65. The number of rotatable bonds is 11. The fourth-order valence-electron chi connectivity index (χ4n) is 4.93. The smallest absolute Gasteiger partial charge is 0.550 e. The summed E-state index contributed by atoms with van der Waals surface area (Å²) in [6.45, 7) is 3.72. The second kappa shape index (κ2) is 15.6. The number of nitrogens with zero attached hydrogens (tertiary/aromatic N) is 1. The van der Waals surface area contributed by atoms with Crippen LogP contribution in [0.4, 0.5) is 14.5 Å². The Balaban J connectivity index is 0.00000529. The molecule has 1 amide bonds. The fourth-order valence-corrected chi connectivity index (χ4v) is 5.12. The molecular formula is C33H30ClF2N2NaO5. The molecule has 0 aliphatic rings. The molecule has 0 saturated heterocycles. The number of anilines is 1. The number of aromatic nitrogens is 1. The molecule has 0 fully saturated rings. The van der Waals surface area contributed by atoms with Crippen molar-refractivity contribution in [3.63, 3.8) is 0 Å². The van der Waals surface area contributed by atoms with Gasteiger partial charge in [-0.1, -0.05) is 48.0 Å². The molecule has 224 valence electrons. The second-order valence-electron chi connectivity index (χ2n) is 10.3. The first-order valence-corrected chi connectivity index (χ1v) is 13.9. The van der Waals surface area contributed by atoms with E-state index in [9.17, 15) is 33.7 Å². The van der Waals surface area contributed by atoms with Gasteiger partial charge in [0.1, 0.15) is 17.3 Å². The third-order valence-corrected chi connectivity index (χ3v) is 6.95. The average molecular weight is 631 g/mol. The molecular weight excluding hydrogens is 601 g/mol. The van der Waals surface area contributed by atoms with Crippen molar-refractivity contribution in [3.8, 4) is 22.3 Å². The van der Waals surface area contributed by atoms with Crippen molar-refractivity contribution in [1.82, 2.24) is 4.57 Å². The van der Waals surface area contributed by atoms with Crippen LogP contribution in [0.3, 0.4) is 0 Å². The van der Waals surface area contributed by atoms with Gasteiger partial charge in [0.05, 0.1) is 12.2 Å². The number of benzene rings is 3. The summed E-state index contributed by atoms with van der Waals surface area (Å²) in [5.41, 5.74) is 3.12. The molecule has 44 heavy (non-hydrogen) atoms. The molecule has 0 bridgehead atoms. The van der Waals surface area contributed by atoms with Gasteiger partial charge in [-0.15, -0.1) is 0 Å². The Bertz CT molecular complexity index is 1640. The first kappa shape index (κ1) is 35.2. The van der Waals surface area contributed by atoms with Crippen molar-refractivity contribution in [1.29, 1.82) is 0 Å². The molecule has 7 nitrogen and oxygen atoms in total. The normalized spacial score (nSPS) is 12.6. The van der Waals surface area contributed by atoms with Crippen LogP contribution in [0.15, 0.2) is 78.9 Å². The van der Waals surface area contributed by atoms with Gasteiger partial charge in [0.25, 0.3) is 5.91 Å². The van der Waals surface area contributed by atoms with E-state index in [0.717, 1.165) is 0 Å². The number of halogens is 3. The van der Waals surface area contributed by atoms with E-state index in [1.807, 2.05) is 13.8 Å². The first-order valence-electron chi connectivity index (χ1n) is 13.6. The molecule has 0 aliphatic carbocycles. The Hall–Kier alpha value is -3.31. The van der Waals surface area contributed by atoms with E-state index in [-0.39, 0.29) is 47.7 Å². The van der Waals surface area contributed by atoms with Crippen LogP contribution in [0, 0.1) is 11.6 Å². The molecule has 0 spiro atoms. The van der Waals surface area contributed by atoms with Crippen molar-refractivity contribution >= 4 is 35.2 Å². The Labute approximate surface area is 281 Å². The van der Waals surface area contributed by atoms with Gasteiger partial charge >= 0.3 is 29.6 Å². The summed E-state index contributed by atoms with van der Waals surface area (Å²) in [5, 5.41) is 34.8. The summed E-state index contributed by atoms with van der Waals surface area (Å²) in [6.07, 6.45) is -0.552. The Kier molecular flexibility index (Phi) is 12.5. The molecule has 0 radical (unpaired) electrons. The van der Waals surface area contributed by atoms with E-state index in [2.05, 4.69) is 5.32 Å². The maximum absolute atomic E-state index is 14.1. The van der Waals surface area contributed by atoms with E-state index >= 15 is 0 Å². The van der Waals surface area contributed by atoms with Crippen LogP contribution in [0.5, 0.6) is 0 Å². The van der Waals surface area contributed by atoms with Gasteiger partial charge < -0.3 is 30.0 Å². The maximum atomic E-state index is 14.1. The zero-order valence-electron chi connectivity index (χ0n) is 24.4. The van der Waals surface area contributed by atoms with Crippen LogP contribution in [-0.4, -0.2) is 38.9 Å². The molecule has 2 atom stereocenters. The number of carboxylic acid groups (broad SMARTS) is 1. The van der Waals surface area contributed by atoms with Gasteiger partial charge in [0.2, 0.25) is 0 Å². The molecule has 0 unspecified atom stereocenters. The predicted octanol–water partition coefficient (Wildman–Crippen LogP) is 2.86. The van der Waals surface area contributed by atoms with E-state index < -0.39 is 42.1 Å². The van der Waals surface area contributed by atoms with Crippen molar-refractivity contribution in [2.45, 2.75) is 44.9 Å². The maximum Gasteiger partial charge on any atom is 1.00 e. The number of nitrogens with one attached hydrogen (secondary N) is 1. The number of carboxylic acids is 1. The monoisotopic (exact) mass is 630 g/mol. The van der Waals surface area contributed by atoms with E-state index in [0.29, 0.717) is 38.7 Å². The zero-order chi connectivity index (χ0) is 31.3. The molecule has 3 aromatic carbocycles. The Morgan fingerprint density at radius 1 is 0.955 bits per heavy atom. The predicted molar refractivity (Wildman–Crippen MR) is 160 cm³/mol. The summed E-state index contributed by atoms with van der Waals surface area (Å²) in [5.74, 6) is -2.89. The molecule has 3 N–H and O–H groups in total. The van der Waals surface area contributed by atoms with Gasteiger partial charge in [0.15, 0.2) is 0 Å². The first-order chi connectivity index (χ1) is 20.4. The van der Waals surface area contributed by atoms with Crippen LogP contribution >= 0.6 is 11.6 Å². The van der Waals surface area contributed by atoms with Gasteiger partial charge in [0, 0.05) is 52.4 Å². The fraction of sp³-hybridized carbons (Fsp3) is 0.212. The molecule has 1 aromatic heterocycles. The van der Waals surface area contributed by atoms with Gasteiger partial charge in [-0.2, -0.15) is 0 Å². The molecule has 0 aliphatic heterocycles. The van der Waals surface area contributed by atoms with Crippen LogP contribution < -0.4 is 40.0 Å². The van der Waals surface area contributed by atoms with Crippen LogP contribution in [-0.2, 0) is 4.79 Å². The number of aliphatic hydroxyl groups excluding tert-OH is 2. The number of aliphatic carboxylic acids is 1. The molecule has 11 heteroatoms. The topological polar surface area (TPSA) is 115 Å². The number of hydrogen-bond donors (Lipinski definition) is 3. The third-order valence-electron chi connectivity index (χ3n) is 6.72. The minimum atomic E-state index is -1.45. The SMILES string of the molecule is CC(C)n1c(/C=C/[C@@H](O)C[C@@H](O)CC(=O)[O-])c(-c2ccc(F)cc2)c(-c2ccc(F)cc2)c1C(=O)Nc1cccc(Cl)c1.[Na+]. The molecule has 0 saturated carbocycles. The molecule has 4 aromatic rings. The minimum absolute atomic E-state index is 0. The van der Waals surface area contributed by atoms with E-state index in [4.69, 9.17) is 11.6 Å². The Morgan fingerprint density at radius 3 is 2.05 bits per heavy atom. The van der Waals surface area contributed by atoms with Crippen LogP contribution in [0.2, 0.25) is 5.02 Å². The number of amides is 1. The number of carbonyl (C=O) groups excluding carboxylic acids is 2. The van der Waals surface area contributed by atoms with Crippen molar-refractivity contribution in [3.05, 3.63) is 107 Å². The average Bonchev–Trinajstić information content (AvgIpc) is 3.28. The van der Waals surface area contributed by atoms with Gasteiger partial charge in [-0.05, 0) is 73.5 Å². The number of hydrogen-bond acceptors (Lipinski definition) is 5. The van der Waals surface area contributed by atoms with E-state index in [1.165, 1.54) is 42.5 Å². The second-order valence-corrected chi connectivity index (χ2v) is 10.8. The van der Waals surface area contributed by atoms with E-state index in [1.54, 1.807) is 47.0 Å². The molecule has 1 heterocycles. The van der Waals surface area contributed by atoms with Crippen LogP contribution in [0.25, 0.3) is 28.3 Å². The number of carbonyl (C=O) groups is 2. The minimum Gasteiger partial charge on any atom is -0.550 e. The summed E-state index contributed by atoms with van der Waals surface area (Å²) in [4.78, 5) is 24.9. The largest absolute Gasteiger partial charge is 1.00 e. The summed E-state index contributed by atoms with van der Waals surface area (Å²) < 4.78 is 29.8. The van der Waals surface area contributed by atoms with Crippen molar-refractivity contribution < 1.29 is 63.2 Å². The summed E-state index contributed by atoms with van der Waals surface area (Å²) in [7, 11) is 0. The summed E-state index contributed by atoms with van der Waals surface area (Å²) >= 11 is 6.15. The van der Waals surface area contributed by atoms with Crippen molar-refractivity contribution in [2.75, 3.05) is 5.32 Å². The zero-order valence-corrected chi connectivity index (χ0v) is 27.2. The summed E-state index contributed by atoms with van der Waals surface area (Å²) in [6, 6.07) is 17.6. The van der Waals surface area contributed by atoms with Gasteiger partial charge in [-0.25, -0.2) is 8.78 Å². The molecule has 4 rings (SSSR count). The van der Waals surface area contributed by atoms with Crippen LogP contribution in [0.1, 0.15) is 48.9 Å². The quantitative estimate of drug-likeness (QED) is 0.221. The standard InChI is InChI=1S/C33H31ClF2N2O5.Na/c1-19(2)38-28(15-14-26(39)17-27(40)18-29(41)42)30(20-6-10-23(35)11-7-20)31(21-8-12-24(36)13-9-21)32(38)33(43)37-25-5-3-4-22(34)16-25;/h3-16,19,26-27,39-40H,17-18H2,1-2H3,(H,37,43)(H,41,42);/q;+1/p-1/b15-14+;/t26-,27-;/m1./s1. The Morgan fingerprint density at radius 2 is 1.52 bits per heavy atom.